The highest BCUT2D eigenvalue weighted by Gasteiger charge is 2.22. The molecule has 1 N–H and O–H groups in total. The summed E-state index contributed by atoms with van der Waals surface area (Å²) in [6.45, 7) is 8.87. The molecule has 1 aromatic carbocycles. The molecule has 6 nitrogen and oxygen atoms in total. The highest BCUT2D eigenvalue weighted by atomic mass is 35.5. The average molecular weight is 468 g/mol. The van der Waals surface area contributed by atoms with Crippen molar-refractivity contribution in [1.29, 1.82) is 0 Å². The van der Waals surface area contributed by atoms with Crippen molar-refractivity contribution in [2.45, 2.75) is 58.2 Å². The quantitative estimate of drug-likeness (QED) is 0.627. The lowest BCUT2D eigenvalue weighted by Gasteiger charge is -2.32. The maximum absolute atomic E-state index is 11.4. The minimum Gasteiger partial charge on any atom is -0.475 e. The van der Waals surface area contributed by atoms with Crippen LogP contribution in [0.5, 0.6) is 5.88 Å². The largest absolute Gasteiger partial charge is 0.475 e. The highest BCUT2D eigenvalue weighted by Crippen LogP contribution is 2.29. The zero-order valence-electron chi connectivity index (χ0n) is 18.7. The van der Waals surface area contributed by atoms with E-state index in [1.807, 2.05) is 45.0 Å². The number of nitrogens with zero attached hydrogens (tertiary/aromatic N) is 2. The first-order valence-corrected chi connectivity index (χ1v) is 12.5. The fourth-order valence-corrected chi connectivity index (χ4v) is 4.69. The summed E-state index contributed by atoms with van der Waals surface area (Å²) in [6, 6.07) is 14.0. The first-order valence-electron chi connectivity index (χ1n) is 10.6. The molecule has 0 saturated carbocycles. The van der Waals surface area contributed by atoms with Gasteiger partial charge in [-0.1, -0.05) is 30.3 Å². The van der Waals surface area contributed by atoms with E-state index < -0.39 is 10.0 Å². The zero-order valence-corrected chi connectivity index (χ0v) is 20.4. The standard InChI is InChI=1S/C23H33N3O3S.ClH/c1-17(2)29-23-7-5-6-22(24-23)21-12-14-26(15-13-21)16-19-8-10-20(11-9-19)18(3)25-30(4,27)28;/h5-11,17-18,21,25H,12-16H2,1-4H3;1H/t18-;/m1./s1. The SMILES string of the molecule is CC(C)Oc1cccc(C2CCN(Cc3ccc([C@@H](C)NS(C)(=O)=O)cc3)CC2)n1.Cl. The molecule has 1 aliphatic heterocycles. The number of nitrogens with one attached hydrogen (secondary N) is 1. The van der Waals surface area contributed by atoms with Crippen molar-refractivity contribution in [2.24, 2.45) is 0 Å². The van der Waals surface area contributed by atoms with Crippen LogP contribution >= 0.6 is 12.4 Å². The lowest BCUT2D eigenvalue weighted by Crippen LogP contribution is -2.32. The Labute approximate surface area is 192 Å². The summed E-state index contributed by atoms with van der Waals surface area (Å²) in [5, 5.41) is 0. The predicted molar refractivity (Wildman–Crippen MR) is 127 cm³/mol. The molecule has 1 atom stereocenters. The summed E-state index contributed by atoms with van der Waals surface area (Å²) >= 11 is 0. The number of likely N-dealkylation sites (tertiary alicyclic amines) is 1. The Bertz CT molecular complexity index is 927. The maximum atomic E-state index is 11.4. The van der Waals surface area contributed by atoms with E-state index in [4.69, 9.17) is 9.72 Å². The number of sulfonamides is 1. The maximum Gasteiger partial charge on any atom is 0.213 e. The molecule has 0 unspecified atom stereocenters. The Kier molecular flexibility index (Phi) is 9.30. The molecule has 0 amide bonds. The van der Waals surface area contributed by atoms with Crippen LogP contribution in [0.15, 0.2) is 42.5 Å². The second-order valence-electron chi connectivity index (χ2n) is 8.47. The van der Waals surface area contributed by atoms with Gasteiger partial charge in [-0.25, -0.2) is 18.1 Å². The third-order valence-corrected chi connectivity index (χ3v) is 6.17. The molecule has 8 heteroatoms. The smallest absolute Gasteiger partial charge is 0.213 e. The Balaban J connectivity index is 0.00000341. The first-order chi connectivity index (χ1) is 14.2. The second-order valence-corrected chi connectivity index (χ2v) is 10.3. The van der Waals surface area contributed by atoms with Crippen LogP contribution in [0.25, 0.3) is 0 Å². The van der Waals surface area contributed by atoms with E-state index in [-0.39, 0.29) is 24.6 Å². The van der Waals surface area contributed by atoms with Crippen LogP contribution in [-0.2, 0) is 16.6 Å². The van der Waals surface area contributed by atoms with Gasteiger partial charge < -0.3 is 4.74 Å². The summed E-state index contributed by atoms with van der Waals surface area (Å²) in [4.78, 5) is 7.18. The first kappa shape index (κ1) is 25.6. The minimum absolute atomic E-state index is 0. The lowest BCUT2D eigenvalue weighted by atomic mass is 9.92. The van der Waals surface area contributed by atoms with Crippen LogP contribution in [0.4, 0.5) is 0 Å². The molecule has 1 aliphatic rings. The van der Waals surface area contributed by atoms with Gasteiger partial charge in [-0.2, -0.15) is 0 Å². The molecule has 1 aromatic heterocycles. The van der Waals surface area contributed by atoms with Crippen molar-refractivity contribution in [2.75, 3.05) is 19.3 Å². The molecule has 1 fully saturated rings. The van der Waals surface area contributed by atoms with Crippen LogP contribution in [0.3, 0.4) is 0 Å². The van der Waals surface area contributed by atoms with Gasteiger partial charge in [-0.15, -0.1) is 12.4 Å². The van der Waals surface area contributed by atoms with E-state index in [0.29, 0.717) is 11.8 Å². The van der Waals surface area contributed by atoms with E-state index >= 15 is 0 Å². The molecule has 2 aromatic rings. The summed E-state index contributed by atoms with van der Waals surface area (Å²) in [6.07, 6.45) is 3.49. The van der Waals surface area contributed by atoms with Crippen molar-refractivity contribution < 1.29 is 13.2 Å². The summed E-state index contributed by atoms with van der Waals surface area (Å²) in [5.41, 5.74) is 3.34. The lowest BCUT2D eigenvalue weighted by molar-refractivity contribution is 0.201. The van der Waals surface area contributed by atoms with Gasteiger partial charge in [0.1, 0.15) is 0 Å². The number of aromatic nitrogens is 1. The number of rotatable bonds is 8. The number of hydrogen-bond donors (Lipinski definition) is 1. The molecule has 0 bridgehead atoms. The van der Waals surface area contributed by atoms with Crippen molar-refractivity contribution >= 4 is 22.4 Å². The molecule has 0 radical (unpaired) electrons. The van der Waals surface area contributed by atoms with Gasteiger partial charge >= 0.3 is 0 Å². The fraction of sp³-hybridized carbons (Fsp3) is 0.522. The Morgan fingerprint density at radius 3 is 2.32 bits per heavy atom. The summed E-state index contributed by atoms with van der Waals surface area (Å²) < 4.78 is 31.2. The number of ether oxygens (including phenoxy) is 1. The van der Waals surface area contributed by atoms with Crippen molar-refractivity contribution in [3.63, 3.8) is 0 Å². The van der Waals surface area contributed by atoms with E-state index in [9.17, 15) is 8.42 Å². The van der Waals surface area contributed by atoms with Crippen molar-refractivity contribution in [3.8, 4) is 5.88 Å². The van der Waals surface area contributed by atoms with E-state index in [2.05, 4.69) is 27.8 Å². The van der Waals surface area contributed by atoms with Crippen LogP contribution in [0.1, 0.15) is 62.4 Å². The second kappa shape index (κ2) is 11.3. The van der Waals surface area contributed by atoms with Gasteiger partial charge in [-0.05, 0) is 63.9 Å². The van der Waals surface area contributed by atoms with Crippen molar-refractivity contribution in [3.05, 3.63) is 59.3 Å². The predicted octanol–water partition coefficient (Wildman–Crippen LogP) is 4.28. The number of piperidine rings is 1. The van der Waals surface area contributed by atoms with Crippen LogP contribution in [0, 0.1) is 0 Å². The van der Waals surface area contributed by atoms with E-state index in [0.717, 1.165) is 43.7 Å². The van der Waals surface area contributed by atoms with Gasteiger partial charge in [0.05, 0.1) is 12.4 Å². The topological polar surface area (TPSA) is 71.5 Å². The monoisotopic (exact) mass is 467 g/mol. The van der Waals surface area contributed by atoms with Gasteiger partial charge in [0.15, 0.2) is 0 Å². The van der Waals surface area contributed by atoms with E-state index in [1.54, 1.807) is 0 Å². The molecule has 1 saturated heterocycles. The highest BCUT2D eigenvalue weighted by molar-refractivity contribution is 7.88. The summed E-state index contributed by atoms with van der Waals surface area (Å²) in [5.74, 6) is 1.19. The number of benzene rings is 1. The fourth-order valence-electron chi connectivity index (χ4n) is 3.91. The molecule has 172 valence electrons. The van der Waals surface area contributed by atoms with Gasteiger partial charge in [-0.3, -0.25) is 4.90 Å². The molecule has 0 aliphatic carbocycles. The van der Waals surface area contributed by atoms with Gasteiger partial charge in [0.25, 0.3) is 0 Å². The number of hydrogen-bond acceptors (Lipinski definition) is 5. The summed E-state index contributed by atoms with van der Waals surface area (Å²) in [7, 11) is -3.21. The number of halogens is 1. The van der Waals surface area contributed by atoms with Crippen molar-refractivity contribution in [1.82, 2.24) is 14.6 Å². The van der Waals surface area contributed by atoms with Crippen LogP contribution in [0.2, 0.25) is 0 Å². The normalized spacial score (nSPS) is 16.7. The zero-order chi connectivity index (χ0) is 21.7. The molecule has 3 rings (SSSR count). The molecule has 2 heterocycles. The molecule has 31 heavy (non-hydrogen) atoms. The Morgan fingerprint density at radius 1 is 1.10 bits per heavy atom. The van der Waals surface area contributed by atoms with Gasteiger partial charge in [0, 0.05) is 30.3 Å². The average Bonchev–Trinajstić information content (AvgIpc) is 2.67. The van der Waals surface area contributed by atoms with E-state index in [1.165, 1.54) is 11.8 Å². The minimum atomic E-state index is -3.21. The Morgan fingerprint density at radius 2 is 1.74 bits per heavy atom. The van der Waals surface area contributed by atoms with Gasteiger partial charge in [0.2, 0.25) is 15.9 Å². The van der Waals surface area contributed by atoms with Crippen LogP contribution < -0.4 is 9.46 Å². The molecule has 0 spiro atoms. The number of pyridine rings is 1. The third kappa shape index (κ3) is 8.07. The third-order valence-electron chi connectivity index (χ3n) is 5.38. The van der Waals surface area contributed by atoms with Crippen LogP contribution in [-0.4, -0.2) is 43.8 Å². The Hall–Kier alpha value is -1.67. The molecular weight excluding hydrogens is 434 g/mol. The molecular formula is C23H34ClN3O3S.